The molecular weight excluding hydrogens is 320 g/mol. The number of hydrogen-bond acceptors (Lipinski definition) is 4. The first-order chi connectivity index (χ1) is 11.6. The molecule has 0 aliphatic carbocycles. The number of rotatable bonds is 3. The van der Waals surface area contributed by atoms with Crippen LogP contribution in [0.4, 0.5) is 4.79 Å². The third kappa shape index (κ3) is 3.23. The van der Waals surface area contributed by atoms with E-state index in [1.807, 2.05) is 51.1 Å². The van der Waals surface area contributed by atoms with Crippen molar-refractivity contribution in [2.75, 3.05) is 13.1 Å². The van der Waals surface area contributed by atoms with Crippen molar-refractivity contribution in [2.45, 2.75) is 51.9 Å². The molecule has 25 heavy (non-hydrogen) atoms. The van der Waals surface area contributed by atoms with Crippen LogP contribution in [0.25, 0.3) is 0 Å². The maximum Gasteiger partial charge on any atom is 0.410 e. The van der Waals surface area contributed by atoms with Crippen LogP contribution in [-0.2, 0) is 16.1 Å². The number of carbonyl (C=O) groups is 2. The average Bonchev–Trinajstić information content (AvgIpc) is 2.72. The molecule has 6 nitrogen and oxygen atoms in total. The van der Waals surface area contributed by atoms with Gasteiger partial charge in [-0.25, -0.2) is 4.79 Å². The van der Waals surface area contributed by atoms with Gasteiger partial charge < -0.3 is 14.7 Å². The fourth-order valence-corrected chi connectivity index (χ4v) is 3.92. The van der Waals surface area contributed by atoms with Crippen LogP contribution in [0.5, 0.6) is 0 Å². The summed E-state index contributed by atoms with van der Waals surface area (Å²) in [6.45, 7) is 8.72. The first-order valence-electron chi connectivity index (χ1n) is 8.63. The van der Waals surface area contributed by atoms with Crippen molar-refractivity contribution in [3.05, 3.63) is 35.9 Å². The van der Waals surface area contributed by atoms with E-state index in [4.69, 9.17) is 4.74 Å². The van der Waals surface area contributed by atoms with E-state index in [2.05, 4.69) is 4.90 Å². The molecular formula is C19H26N2O4. The Hall–Kier alpha value is -2.08. The van der Waals surface area contributed by atoms with Gasteiger partial charge in [-0.15, -0.1) is 0 Å². The number of hydrogen-bond donors (Lipinski definition) is 1. The Morgan fingerprint density at radius 2 is 1.92 bits per heavy atom. The van der Waals surface area contributed by atoms with E-state index < -0.39 is 23.1 Å². The molecule has 0 saturated carbocycles. The van der Waals surface area contributed by atoms with E-state index >= 15 is 0 Å². The normalized spacial score (nSPS) is 29.0. The second-order valence-corrected chi connectivity index (χ2v) is 8.26. The van der Waals surface area contributed by atoms with E-state index in [0.717, 1.165) is 5.56 Å². The molecule has 2 aliphatic rings. The standard InChI is InChI=1S/C19H26N2O4/c1-18(2,3)25-17(24)21-12-19(4,16(22)23)15-14(21)11-20(15)10-13-8-6-5-7-9-13/h5-9,14-15H,10-12H2,1-4H3,(H,22,23)/t14-,15+,19?/m0/s1. The van der Waals surface area contributed by atoms with Crippen LogP contribution in [0, 0.1) is 5.41 Å². The molecule has 6 heteroatoms. The molecule has 3 rings (SSSR count). The van der Waals surface area contributed by atoms with Crippen LogP contribution in [-0.4, -0.2) is 57.7 Å². The quantitative estimate of drug-likeness (QED) is 0.911. The summed E-state index contributed by atoms with van der Waals surface area (Å²) in [6, 6.07) is 9.68. The van der Waals surface area contributed by atoms with Gasteiger partial charge in [0.25, 0.3) is 0 Å². The zero-order chi connectivity index (χ0) is 18.4. The topological polar surface area (TPSA) is 70.1 Å². The third-order valence-corrected chi connectivity index (χ3v) is 5.08. The summed E-state index contributed by atoms with van der Waals surface area (Å²) in [5.74, 6) is -0.869. The summed E-state index contributed by atoms with van der Waals surface area (Å²) in [7, 11) is 0. The number of likely N-dealkylation sites (tertiary alicyclic amines) is 2. The number of carboxylic acid groups (broad SMARTS) is 1. The second kappa shape index (κ2) is 6.02. The fraction of sp³-hybridized carbons (Fsp3) is 0.579. The number of ether oxygens (including phenoxy) is 1. The van der Waals surface area contributed by atoms with Gasteiger partial charge in [0, 0.05) is 25.7 Å². The number of nitrogens with zero attached hydrogens (tertiary/aromatic N) is 2. The van der Waals surface area contributed by atoms with E-state index in [0.29, 0.717) is 13.1 Å². The first kappa shape index (κ1) is 17.7. The molecule has 3 atom stereocenters. The molecule has 2 heterocycles. The Labute approximate surface area is 148 Å². The van der Waals surface area contributed by atoms with Crippen molar-refractivity contribution in [1.29, 1.82) is 0 Å². The number of fused-ring (bicyclic) bond motifs is 1. The van der Waals surface area contributed by atoms with Crippen molar-refractivity contribution >= 4 is 12.1 Å². The lowest BCUT2D eigenvalue weighted by atomic mass is 9.77. The Bertz CT molecular complexity index is 670. The van der Waals surface area contributed by atoms with Crippen LogP contribution in [0.15, 0.2) is 30.3 Å². The lowest BCUT2D eigenvalue weighted by Gasteiger charge is -2.49. The van der Waals surface area contributed by atoms with Crippen molar-refractivity contribution in [3.8, 4) is 0 Å². The SMILES string of the molecule is CC(C)(C)OC(=O)N1CC(C)(C(=O)O)[C@H]2[C@@H]1CN2Cc1ccccc1. The van der Waals surface area contributed by atoms with Crippen molar-refractivity contribution in [2.24, 2.45) is 5.41 Å². The molecule has 0 spiro atoms. The van der Waals surface area contributed by atoms with Crippen LogP contribution < -0.4 is 0 Å². The van der Waals surface area contributed by atoms with E-state index in [1.165, 1.54) is 0 Å². The van der Waals surface area contributed by atoms with Gasteiger partial charge in [0.05, 0.1) is 6.04 Å². The molecule has 1 unspecified atom stereocenters. The zero-order valence-electron chi connectivity index (χ0n) is 15.2. The Balaban J connectivity index is 1.79. The Morgan fingerprint density at radius 1 is 1.28 bits per heavy atom. The number of carboxylic acids is 1. The smallest absolute Gasteiger partial charge is 0.410 e. The van der Waals surface area contributed by atoms with Crippen LogP contribution in [0.3, 0.4) is 0 Å². The molecule has 0 aromatic heterocycles. The monoisotopic (exact) mass is 346 g/mol. The summed E-state index contributed by atoms with van der Waals surface area (Å²) in [5, 5.41) is 9.81. The maximum atomic E-state index is 12.5. The molecule has 1 aromatic rings. The third-order valence-electron chi connectivity index (χ3n) is 5.08. The van der Waals surface area contributed by atoms with Gasteiger partial charge in [0.1, 0.15) is 11.0 Å². The summed E-state index contributed by atoms with van der Waals surface area (Å²) in [5.41, 5.74) is -0.443. The lowest BCUT2D eigenvalue weighted by molar-refractivity contribution is -0.153. The Kier molecular flexibility index (Phi) is 4.27. The Morgan fingerprint density at radius 3 is 2.48 bits per heavy atom. The van der Waals surface area contributed by atoms with Crippen LogP contribution in [0.1, 0.15) is 33.3 Å². The van der Waals surface area contributed by atoms with Gasteiger partial charge in [0.15, 0.2) is 0 Å². The highest BCUT2D eigenvalue weighted by molar-refractivity contribution is 5.80. The molecule has 136 valence electrons. The highest BCUT2D eigenvalue weighted by Crippen LogP contribution is 2.45. The minimum atomic E-state index is -0.991. The average molecular weight is 346 g/mol. The molecule has 2 fully saturated rings. The summed E-state index contributed by atoms with van der Waals surface area (Å²) in [4.78, 5) is 28.2. The van der Waals surface area contributed by atoms with Gasteiger partial charge in [-0.3, -0.25) is 9.69 Å². The van der Waals surface area contributed by atoms with Crippen LogP contribution in [0.2, 0.25) is 0 Å². The van der Waals surface area contributed by atoms with E-state index in [1.54, 1.807) is 11.8 Å². The van der Waals surface area contributed by atoms with Gasteiger partial charge in [0.2, 0.25) is 0 Å². The summed E-state index contributed by atoms with van der Waals surface area (Å²) < 4.78 is 5.48. The summed E-state index contributed by atoms with van der Waals surface area (Å²) in [6.07, 6.45) is -0.424. The predicted octanol–water partition coefficient (Wildman–Crippen LogP) is 2.58. The maximum absolute atomic E-state index is 12.5. The highest BCUT2D eigenvalue weighted by atomic mass is 16.6. The largest absolute Gasteiger partial charge is 0.481 e. The van der Waals surface area contributed by atoms with E-state index in [-0.39, 0.29) is 18.6 Å². The molecule has 1 amide bonds. The van der Waals surface area contributed by atoms with Gasteiger partial charge in [-0.2, -0.15) is 0 Å². The van der Waals surface area contributed by atoms with Crippen LogP contribution >= 0.6 is 0 Å². The highest BCUT2D eigenvalue weighted by Gasteiger charge is 2.63. The fourth-order valence-electron chi connectivity index (χ4n) is 3.92. The van der Waals surface area contributed by atoms with Gasteiger partial charge >= 0.3 is 12.1 Å². The minimum absolute atomic E-state index is 0.111. The second-order valence-electron chi connectivity index (χ2n) is 8.26. The molecule has 0 bridgehead atoms. The number of amides is 1. The van der Waals surface area contributed by atoms with E-state index in [9.17, 15) is 14.7 Å². The summed E-state index contributed by atoms with van der Waals surface area (Å²) >= 11 is 0. The minimum Gasteiger partial charge on any atom is -0.481 e. The molecule has 1 aromatic carbocycles. The molecule has 1 N–H and O–H groups in total. The van der Waals surface area contributed by atoms with Gasteiger partial charge in [-0.05, 0) is 33.3 Å². The lowest BCUT2D eigenvalue weighted by Crippen LogP contribution is -2.66. The molecule has 0 radical (unpaired) electrons. The first-order valence-corrected chi connectivity index (χ1v) is 8.63. The number of carbonyl (C=O) groups excluding carboxylic acids is 1. The van der Waals surface area contributed by atoms with Crippen molar-refractivity contribution in [1.82, 2.24) is 9.80 Å². The number of benzene rings is 1. The van der Waals surface area contributed by atoms with Crippen molar-refractivity contribution < 1.29 is 19.4 Å². The molecule has 2 saturated heterocycles. The van der Waals surface area contributed by atoms with Crippen molar-refractivity contribution in [3.63, 3.8) is 0 Å². The zero-order valence-corrected chi connectivity index (χ0v) is 15.2. The number of aliphatic carboxylic acids is 1. The van der Waals surface area contributed by atoms with Gasteiger partial charge in [-0.1, -0.05) is 30.3 Å². The molecule has 2 aliphatic heterocycles. The predicted molar refractivity (Wildman–Crippen MR) is 93.1 cm³/mol.